The Labute approximate surface area is 140 Å². The van der Waals surface area contributed by atoms with Gasteiger partial charge in [-0.25, -0.2) is 0 Å². The van der Waals surface area contributed by atoms with Gasteiger partial charge in [-0.3, -0.25) is 14.5 Å². The van der Waals surface area contributed by atoms with Crippen LogP contribution in [0.25, 0.3) is 0 Å². The summed E-state index contributed by atoms with van der Waals surface area (Å²) in [5.41, 5.74) is 0.878. The molecule has 1 fully saturated rings. The standard InChI is InChI=1S/C18H20ClNO3/c1-11(21)15-16(12-6-3-2-4-7-12)20(18(23)17(15)22)14-9-5-8-13(19)10-14/h5,8-10,12,16,22H,2-4,6-7H2,1H3/t16-/m0/s1. The Balaban J connectivity index is 2.06. The Bertz CT molecular complexity index is 677. The summed E-state index contributed by atoms with van der Waals surface area (Å²) in [5.74, 6) is -0.965. The van der Waals surface area contributed by atoms with Crippen molar-refractivity contribution in [1.29, 1.82) is 0 Å². The first-order valence-electron chi connectivity index (χ1n) is 8.04. The zero-order valence-electron chi connectivity index (χ0n) is 13.1. The number of hydrogen-bond donors (Lipinski definition) is 1. The Kier molecular flexibility index (Phi) is 4.44. The van der Waals surface area contributed by atoms with Crippen LogP contribution in [0.1, 0.15) is 39.0 Å². The maximum Gasteiger partial charge on any atom is 0.294 e. The van der Waals surface area contributed by atoms with Gasteiger partial charge in [0.1, 0.15) is 0 Å². The molecule has 1 N–H and O–H groups in total. The predicted molar refractivity (Wildman–Crippen MR) is 89.6 cm³/mol. The number of carbonyl (C=O) groups excluding carboxylic acids is 2. The van der Waals surface area contributed by atoms with E-state index in [9.17, 15) is 14.7 Å². The lowest BCUT2D eigenvalue weighted by molar-refractivity contribution is -0.117. The summed E-state index contributed by atoms with van der Waals surface area (Å²) in [4.78, 5) is 26.2. The summed E-state index contributed by atoms with van der Waals surface area (Å²) in [6.45, 7) is 1.41. The SMILES string of the molecule is CC(=O)C1=C(O)C(=O)N(c2cccc(Cl)c2)[C@H]1C1CCCCC1. The van der Waals surface area contributed by atoms with Crippen molar-refractivity contribution in [3.8, 4) is 0 Å². The number of rotatable bonds is 3. The van der Waals surface area contributed by atoms with Crippen LogP contribution in [0.3, 0.4) is 0 Å². The number of halogens is 1. The molecule has 0 bridgehead atoms. The molecule has 1 amide bonds. The number of Topliss-reactive ketones (excluding diaryl/α,β-unsaturated/α-hetero) is 1. The van der Waals surface area contributed by atoms with Gasteiger partial charge in [0.15, 0.2) is 11.5 Å². The molecule has 4 nitrogen and oxygen atoms in total. The minimum absolute atomic E-state index is 0.190. The molecule has 122 valence electrons. The average molecular weight is 334 g/mol. The lowest BCUT2D eigenvalue weighted by Crippen LogP contribution is -2.42. The molecule has 1 heterocycles. The van der Waals surface area contributed by atoms with Crippen molar-refractivity contribution in [2.45, 2.75) is 45.1 Å². The maximum absolute atomic E-state index is 12.6. The molecule has 1 aromatic carbocycles. The monoisotopic (exact) mass is 333 g/mol. The van der Waals surface area contributed by atoms with E-state index in [4.69, 9.17) is 11.6 Å². The molecule has 0 radical (unpaired) electrons. The minimum atomic E-state index is -0.506. The average Bonchev–Trinajstić information content (AvgIpc) is 2.80. The second kappa shape index (κ2) is 6.36. The first-order chi connectivity index (χ1) is 11.0. The molecular formula is C18H20ClNO3. The second-order valence-corrected chi connectivity index (χ2v) is 6.75. The summed E-state index contributed by atoms with van der Waals surface area (Å²) in [6.07, 6.45) is 5.27. The van der Waals surface area contributed by atoms with Crippen molar-refractivity contribution >= 4 is 29.0 Å². The van der Waals surface area contributed by atoms with Crippen molar-refractivity contribution in [2.24, 2.45) is 5.92 Å². The van der Waals surface area contributed by atoms with E-state index in [0.717, 1.165) is 25.7 Å². The van der Waals surface area contributed by atoms with Crippen molar-refractivity contribution in [3.05, 3.63) is 40.6 Å². The van der Waals surface area contributed by atoms with Crippen LogP contribution in [0.15, 0.2) is 35.6 Å². The van der Waals surface area contributed by atoms with Crippen molar-refractivity contribution in [1.82, 2.24) is 0 Å². The fourth-order valence-electron chi connectivity index (χ4n) is 3.80. The number of carbonyl (C=O) groups is 2. The summed E-state index contributed by atoms with van der Waals surface area (Å²) in [7, 11) is 0. The van der Waals surface area contributed by atoms with Gasteiger partial charge >= 0.3 is 0 Å². The van der Waals surface area contributed by atoms with Crippen LogP contribution in [0.4, 0.5) is 5.69 Å². The van der Waals surface area contributed by atoms with Crippen molar-refractivity contribution in [3.63, 3.8) is 0 Å². The van der Waals surface area contributed by atoms with E-state index in [-0.39, 0.29) is 17.3 Å². The van der Waals surface area contributed by atoms with Gasteiger partial charge in [0.2, 0.25) is 0 Å². The smallest absolute Gasteiger partial charge is 0.294 e. The topological polar surface area (TPSA) is 57.6 Å². The molecule has 1 aromatic rings. The van der Waals surface area contributed by atoms with Crippen molar-refractivity contribution < 1.29 is 14.7 Å². The highest BCUT2D eigenvalue weighted by molar-refractivity contribution is 6.31. The van der Waals surface area contributed by atoms with Crippen LogP contribution in [-0.4, -0.2) is 22.8 Å². The molecule has 23 heavy (non-hydrogen) atoms. The van der Waals surface area contributed by atoms with E-state index in [2.05, 4.69) is 0 Å². The summed E-state index contributed by atoms with van der Waals surface area (Å²) >= 11 is 6.06. The summed E-state index contributed by atoms with van der Waals surface area (Å²) < 4.78 is 0. The molecule has 5 heteroatoms. The van der Waals surface area contributed by atoms with Gasteiger partial charge in [-0.15, -0.1) is 0 Å². The molecule has 1 saturated carbocycles. The van der Waals surface area contributed by atoms with Gasteiger partial charge in [-0.2, -0.15) is 0 Å². The van der Waals surface area contributed by atoms with Gasteiger partial charge in [0, 0.05) is 10.7 Å². The number of anilines is 1. The van der Waals surface area contributed by atoms with Gasteiger partial charge in [-0.05, 0) is 43.9 Å². The molecule has 1 aliphatic carbocycles. The van der Waals surface area contributed by atoms with Crippen LogP contribution in [0.5, 0.6) is 0 Å². The van der Waals surface area contributed by atoms with Crippen LogP contribution >= 0.6 is 11.6 Å². The third kappa shape index (κ3) is 2.88. The molecule has 0 unspecified atom stereocenters. The zero-order valence-corrected chi connectivity index (χ0v) is 13.8. The molecular weight excluding hydrogens is 314 g/mol. The van der Waals surface area contributed by atoms with Gasteiger partial charge in [0.25, 0.3) is 5.91 Å². The number of benzene rings is 1. The van der Waals surface area contributed by atoms with Gasteiger partial charge in [-0.1, -0.05) is 36.9 Å². The molecule has 0 spiro atoms. The first-order valence-corrected chi connectivity index (χ1v) is 8.41. The minimum Gasteiger partial charge on any atom is -0.503 e. The molecule has 0 saturated heterocycles. The Morgan fingerprint density at radius 2 is 1.96 bits per heavy atom. The van der Waals surface area contributed by atoms with E-state index in [1.54, 1.807) is 29.2 Å². The maximum atomic E-state index is 12.6. The largest absolute Gasteiger partial charge is 0.503 e. The fourth-order valence-corrected chi connectivity index (χ4v) is 3.98. The van der Waals surface area contributed by atoms with E-state index in [1.165, 1.54) is 13.3 Å². The van der Waals surface area contributed by atoms with E-state index in [1.807, 2.05) is 0 Å². The lowest BCUT2D eigenvalue weighted by Gasteiger charge is -2.35. The summed E-state index contributed by atoms with van der Waals surface area (Å²) in [5, 5.41) is 10.8. The Morgan fingerprint density at radius 1 is 1.26 bits per heavy atom. The Hall–Kier alpha value is -1.81. The van der Waals surface area contributed by atoms with E-state index >= 15 is 0 Å². The molecule has 1 aliphatic heterocycles. The molecule has 3 rings (SSSR count). The van der Waals surface area contributed by atoms with Crippen LogP contribution in [0.2, 0.25) is 5.02 Å². The number of aliphatic hydroxyl groups is 1. The van der Waals surface area contributed by atoms with Crippen LogP contribution < -0.4 is 4.90 Å². The third-order valence-electron chi connectivity index (χ3n) is 4.81. The highest BCUT2D eigenvalue weighted by atomic mass is 35.5. The van der Waals surface area contributed by atoms with E-state index < -0.39 is 17.7 Å². The van der Waals surface area contributed by atoms with Gasteiger partial charge in [0.05, 0.1) is 11.6 Å². The highest BCUT2D eigenvalue weighted by Crippen LogP contribution is 2.40. The second-order valence-electron chi connectivity index (χ2n) is 6.32. The fraction of sp³-hybridized carbons (Fsp3) is 0.444. The molecule has 0 aromatic heterocycles. The van der Waals surface area contributed by atoms with Gasteiger partial charge < -0.3 is 5.11 Å². The number of hydrogen-bond acceptors (Lipinski definition) is 3. The number of amides is 1. The lowest BCUT2D eigenvalue weighted by atomic mass is 9.80. The quantitative estimate of drug-likeness (QED) is 0.908. The predicted octanol–water partition coefficient (Wildman–Crippen LogP) is 4.04. The number of nitrogens with zero attached hydrogens (tertiary/aromatic N) is 1. The zero-order chi connectivity index (χ0) is 16.6. The highest BCUT2D eigenvalue weighted by Gasteiger charge is 2.46. The summed E-state index contributed by atoms with van der Waals surface area (Å²) in [6, 6.07) is 6.60. The van der Waals surface area contributed by atoms with Crippen molar-refractivity contribution in [2.75, 3.05) is 4.90 Å². The van der Waals surface area contributed by atoms with Crippen LogP contribution in [0, 0.1) is 5.92 Å². The normalized spacial score (nSPS) is 22.8. The molecule has 1 atom stereocenters. The first kappa shape index (κ1) is 16.1. The molecule has 2 aliphatic rings. The van der Waals surface area contributed by atoms with Crippen LogP contribution in [-0.2, 0) is 9.59 Å². The Morgan fingerprint density at radius 3 is 2.57 bits per heavy atom. The number of aliphatic hydroxyl groups excluding tert-OH is 1. The third-order valence-corrected chi connectivity index (χ3v) is 5.05. The number of ketones is 1. The van der Waals surface area contributed by atoms with E-state index in [0.29, 0.717) is 10.7 Å².